The van der Waals surface area contributed by atoms with Crippen molar-refractivity contribution in [3.8, 4) is 0 Å². The van der Waals surface area contributed by atoms with Crippen molar-refractivity contribution in [3.05, 3.63) is 8.94 Å². The fourth-order valence-electron chi connectivity index (χ4n) is 0.575. The van der Waals surface area contributed by atoms with Crippen LogP contribution in [0.4, 0.5) is 0 Å². The van der Waals surface area contributed by atoms with Gasteiger partial charge in [0, 0.05) is 0 Å². The Bertz CT molecular complexity index is 125. The zero-order valence-corrected chi connectivity index (χ0v) is 10.9. The topological polar surface area (TPSA) is 0 Å². The Morgan fingerprint density at radius 3 is 1.89 bits per heavy atom. The van der Waals surface area contributed by atoms with Crippen molar-refractivity contribution in [1.29, 1.82) is 0 Å². The van der Waals surface area contributed by atoms with Gasteiger partial charge in [0.05, 0.1) is 0 Å². The second-order valence-corrected chi connectivity index (χ2v) is 13.9. The predicted molar refractivity (Wildman–Crippen MR) is 45.3 cm³/mol. The first-order valence-electron chi connectivity index (χ1n) is 2.77. The van der Waals surface area contributed by atoms with E-state index in [0.717, 1.165) is 47.5 Å². The quantitative estimate of drug-likeness (QED) is 0.636. The van der Waals surface area contributed by atoms with Gasteiger partial charge in [0.25, 0.3) is 0 Å². The summed E-state index contributed by atoms with van der Waals surface area (Å²) in [5.41, 5.74) is 0. The van der Waals surface area contributed by atoms with Crippen LogP contribution in [0.1, 0.15) is 13.8 Å². The van der Waals surface area contributed by atoms with Gasteiger partial charge in [-0.3, -0.25) is 0 Å². The van der Waals surface area contributed by atoms with E-state index in [1.165, 1.54) is 0 Å². The van der Waals surface area contributed by atoms with Crippen LogP contribution in [0.15, 0.2) is 8.94 Å². The molecule has 0 bridgehead atoms. The molecule has 0 saturated heterocycles. The van der Waals surface area contributed by atoms with Crippen LogP contribution in [0.3, 0.4) is 0 Å². The SMILES string of the molecule is C[Se]C1[Se]C(C)=C(C)[Se]1. The van der Waals surface area contributed by atoms with E-state index in [2.05, 4.69) is 19.7 Å². The minimum atomic E-state index is 0.902. The Morgan fingerprint density at radius 2 is 1.67 bits per heavy atom. The second kappa shape index (κ2) is 3.62. The molecule has 52 valence electrons. The van der Waals surface area contributed by atoms with E-state index < -0.39 is 0 Å². The zero-order valence-electron chi connectivity index (χ0n) is 5.80. The van der Waals surface area contributed by atoms with Gasteiger partial charge in [-0.25, -0.2) is 0 Å². The molecule has 0 radical (unpaired) electrons. The van der Waals surface area contributed by atoms with E-state index in [1.54, 1.807) is 8.94 Å². The second-order valence-electron chi connectivity index (χ2n) is 1.87. The third kappa shape index (κ3) is 2.12. The van der Waals surface area contributed by atoms with Crippen LogP contribution in [-0.2, 0) is 0 Å². The van der Waals surface area contributed by atoms with Gasteiger partial charge in [0.2, 0.25) is 0 Å². The van der Waals surface area contributed by atoms with E-state index in [4.69, 9.17) is 0 Å². The molecule has 0 fully saturated rings. The molecular formula is C6H10Se3. The van der Waals surface area contributed by atoms with E-state index in [0.29, 0.717) is 0 Å². The molecule has 0 unspecified atom stereocenters. The van der Waals surface area contributed by atoms with Crippen molar-refractivity contribution in [2.75, 3.05) is 0 Å². The average molecular weight is 319 g/mol. The molecule has 0 spiro atoms. The zero-order chi connectivity index (χ0) is 6.85. The summed E-state index contributed by atoms with van der Waals surface area (Å²) in [6.45, 7) is 4.64. The normalized spacial score (nSPS) is 21.7. The summed E-state index contributed by atoms with van der Waals surface area (Å²) in [5.74, 6) is 2.38. The first-order valence-corrected chi connectivity index (χ1v) is 9.17. The number of hydrogen-bond acceptors (Lipinski definition) is 0. The molecule has 0 aromatic carbocycles. The number of rotatable bonds is 1. The molecule has 0 nitrogen and oxygen atoms in total. The first kappa shape index (κ1) is 8.40. The Hall–Kier alpha value is 1.30. The summed E-state index contributed by atoms with van der Waals surface area (Å²) in [6.07, 6.45) is 0. The van der Waals surface area contributed by atoms with E-state index >= 15 is 0 Å². The Morgan fingerprint density at radius 1 is 1.22 bits per heavy atom. The van der Waals surface area contributed by atoms with E-state index in [9.17, 15) is 0 Å². The monoisotopic (exact) mass is 322 g/mol. The first-order chi connectivity index (χ1) is 4.24. The van der Waals surface area contributed by atoms with Crippen LogP contribution < -0.4 is 0 Å². The van der Waals surface area contributed by atoms with Gasteiger partial charge in [0.15, 0.2) is 0 Å². The van der Waals surface area contributed by atoms with Crippen molar-refractivity contribution in [3.63, 3.8) is 0 Å². The van der Waals surface area contributed by atoms with Crippen LogP contribution in [0.25, 0.3) is 0 Å². The molecule has 0 saturated carbocycles. The van der Waals surface area contributed by atoms with Crippen molar-refractivity contribution >= 4 is 44.9 Å². The number of allylic oxidation sites excluding steroid dienone is 2. The summed E-state index contributed by atoms with van der Waals surface area (Å²) >= 11 is 2.73. The van der Waals surface area contributed by atoms with Gasteiger partial charge in [-0.1, -0.05) is 0 Å². The molecule has 1 aliphatic heterocycles. The standard InChI is InChI=1S/C6H10Se3/c1-4-5(2)9-6(7-3)8-4/h6H,1-3H3. The van der Waals surface area contributed by atoms with Gasteiger partial charge in [0.1, 0.15) is 0 Å². The van der Waals surface area contributed by atoms with Crippen LogP contribution in [-0.4, -0.2) is 44.9 Å². The molecule has 0 amide bonds. The maximum absolute atomic E-state index is 2.38. The van der Waals surface area contributed by atoms with Crippen molar-refractivity contribution in [1.82, 2.24) is 0 Å². The molecule has 1 rings (SSSR count). The Kier molecular flexibility index (Phi) is 3.38. The average Bonchev–Trinajstić information content (AvgIpc) is 2.13. The van der Waals surface area contributed by atoms with Crippen molar-refractivity contribution < 1.29 is 0 Å². The summed E-state index contributed by atoms with van der Waals surface area (Å²) in [6, 6.07) is 0. The summed E-state index contributed by atoms with van der Waals surface area (Å²) in [5, 5.41) is 0. The summed E-state index contributed by atoms with van der Waals surface area (Å²) < 4.78 is 4.66. The molecule has 1 aliphatic rings. The van der Waals surface area contributed by atoms with Gasteiger partial charge in [-0.2, -0.15) is 0 Å². The molecule has 0 aromatic rings. The Labute approximate surface area is 75.7 Å². The number of hydrogen-bond donors (Lipinski definition) is 0. The molecule has 9 heavy (non-hydrogen) atoms. The Balaban J connectivity index is 2.48. The van der Waals surface area contributed by atoms with Gasteiger partial charge in [-0.15, -0.1) is 0 Å². The molecule has 0 N–H and O–H groups in total. The third-order valence-electron chi connectivity index (χ3n) is 1.23. The molecule has 0 aromatic heterocycles. The van der Waals surface area contributed by atoms with Crippen LogP contribution in [0.5, 0.6) is 0 Å². The molecule has 1 heterocycles. The minimum absolute atomic E-state index is 0.902. The van der Waals surface area contributed by atoms with Crippen molar-refractivity contribution in [2.45, 2.75) is 22.3 Å². The summed E-state index contributed by atoms with van der Waals surface area (Å²) in [7, 11) is 0. The van der Waals surface area contributed by atoms with Crippen LogP contribution in [0.2, 0.25) is 8.44 Å². The fourth-order valence-corrected chi connectivity index (χ4v) is 13.0. The predicted octanol–water partition coefficient (Wildman–Crippen LogP) is 1.12. The molecule has 3 heteroatoms. The van der Waals surface area contributed by atoms with Crippen LogP contribution in [0, 0.1) is 0 Å². The summed E-state index contributed by atoms with van der Waals surface area (Å²) in [4.78, 5) is 0. The maximum atomic E-state index is 2.38. The fraction of sp³-hybridized carbons (Fsp3) is 0.667. The van der Waals surface area contributed by atoms with E-state index in [-0.39, 0.29) is 0 Å². The van der Waals surface area contributed by atoms with Gasteiger partial charge in [-0.05, 0) is 0 Å². The van der Waals surface area contributed by atoms with E-state index in [1.807, 2.05) is 0 Å². The molecule has 0 aliphatic carbocycles. The van der Waals surface area contributed by atoms with Crippen molar-refractivity contribution in [2.24, 2.45) is 0 Å². The van der Waals surface area contributed by atoms with Crippen LogP contribution >= 0.6 is 0 Å². The molecule has 0 atom stereocenters. The van der Waals surface area contributed by atoms with Gasteiger partial charge >= 0.3 is 76.1 Å². The third-order valence-corrected chi connectivity index (χ3v) is 14.7. The molecular weight excluding hydrogens is 309 g/mol. The van der Waals surface area contributed by atoms with Gasteiger partial charge < -0.3 is 0 Å².